The molecule has 0 aliphatic carbocycles. The second kappa shape index (κ2) is 5.72. The van der Waals surface area contributed by atoms with Crippen LogP contribution in [-0.2, 0) is 6.61 Å². The van der Waals surface area contributed by atoms with E-state index >= 15 is 0 Å². The number of rotatable bonds is 3. The largest absolute Gasteiger partial charge is 0.489 e. The van der Waals surface area contributed by atoms with Gasteiger partial charge < -0.3 is 4.74 Å². The van der Waals surface area contributed by atoms with E-state index in [1.807, 2.05) is 19.1 Å². The van der Waals surface area contributed by atoms with E-state index in [1.54, 1.807) is 12.1 Å². The maximum absolute atomic E-state index is 12.9. The molecule has 0 aliphatic heterocycles. The number of ether oxygens (including phenoxy) is 1. The summed E-state index contributed by atoms with van der Waals surface area (Å²) in [5, 5.41) is 0.713. The van der Waals surface area contributed by atoms with Crippen molar-refractivity contribution in [1.29, 1.82) is 0 Å². The lowest BCUT2D eigenvalue weighted by Gasteiger charge is -2.09. The molecule has 0 N–H and O–H groups in total. The predicted octanol–water partition coefficient (Wildman–Crippen LogP) is 5.13. The van der Waals surface area contributed by atoms with Crippen LogP contribution in [0, 0.1) is 12.7 Å². The van der Waals surface area contributed by atoms with Crippen molar-refractivity contribution in [3.8, 4) is 5.75 Å². The summed E-state index contributed by atoms with van der Waals surface area (Å²) in [7, 11) is 0. The molecule has 1 nitrogen and oxygen atoms in total. The summed E-state index contributed by atoms with van der Waals surface area (Å²) in [4.78, 5) is 0. The summed E-state index contributed by atoms with van der Waals surface area (Å²) in [6.07, 6.45) is 0. The minimum atomic E-state index is -0.270. The zero-order valence-electron chi connectivity index (χ0n) is 9.71. The highest BCUT2D eigenvalue weighted by Gasteiger charge is 2.03. The van der Waals surface area contributed by atoms with Crippen LogP contribution in [0.25, 0.3) is 0 Å². The van der Waals surface area contributed by atoms with Crippen molar-refractivity contribution >= 4 is 27.5 Å². The Morgan fingerprint density at radius 2 is 2.00 bits per heavy atom. The lowest BCUT2D eigenvalue weighted by atomic mass is 10.2. The van der Waals surface area contributed by atoms with Gasteiger partial charge in [-0.15, -0.1) is 0 Å². The van der Waals surface area contributed by atoms with Crippen molar-refractivity contribution in [2.75, 3.05) is 0 Å². The van der Waals surface area contributed by atoms with Gasteiger partial charge in [0.25, 0.3) is 0 Å². The van der Waals surface area contributed by atoms with Crippen LogP contribution >= 0.6 is 27.5 Å². The highest BCUT2D eigenvalue weighted by molar-refractivity contribution is 9.10. The smallest absolute Gasteiger partial charge is 0.124 e. The Bertz CT molecular complexity index is 572. The van der Waals surface area contributed by atoms with Gasteiger partial charge in [-0.2, -0.15) is 0 Å². The van der Waals surface area contributed by atoms with Crippen molar-refractivity contribution < 1.29 is 9.13 Å². The van der Waals surface area contributed by atoms with E-state index in [-0.39, 0.29) is 5.82 Å². The molecule has 0 aromatic heterocycles. The molecule has 0 spiro atoms. The van der Waals surface area contributed by atoms with Crippen LogP contribution in [0.3, 0.4) is 0 Å². The highest BCUT2D eigenvalue weighted by atomic mass is 79.9. The molecule has 18 heavy (non-hydrogen) atoms. The minimum absolute atomic E-state index is 0.270. The van der Waals surface area contributed by atoms with E-state index in [0.29, 0.717) is 16.1 Å². The molecule has 4 heteroatoms. The Hall–Kier alpha value is -1.06. The van der Waals surface area contributed by atoms with Gasteiger partial charge in [-0.3, -0.25) is 0 Å². The zero-order valence-corrected chi connectivity index (χ0v) is 12.1. The molecule has 94 valence electrons. The second-order valence-corrected chi connectivity index (χ2v) is 5.20. The molecule has 2 aromatic carbocycles. The van der Waals surface area contributed by atoms with Crippen molar-refractivity contribution in [3.05, 3.63) is 62.8 Å². The molecule has 2 rings (SSSR count). The van der Waals surface area contributed by atoms with E-state index in [9.17, 15) is 4.39 Å². The Balaban J connectivity index is 2.09. The van der Waals surface area contributed by atoms with Gasteiger partial charge in [0.15, 0.2) is 0 Å². The maximum Gasteiger partial charge on any atom is 0.124 e. The van der Waals surface area contributed by atoms with Gasteiger partial charge in [-0.1, -0.05) is 33.6 Å². The third-order valence-corrected chi connectivity index (χ3v) is 3.70. The van der Waals surface area contributed by atoms with Crippen LogP contribution in [0.15, 0.2) is 40.9 Å². The van der Waals surface area contributed by atoms with E-state index in [2.05, 4.69) is 15.9 Å². The van der Waals surface area contributed by atoms with Crippen molar-refractivity contribution in [1.82, 2.24) is 0 Å². The number of hydrogen-bond acceptors (Lipinski definition) is 1. The van der Waals surface area contributed by atoms with E-state index in [1.165, 1.54) is 12.1 Å². The van der Waals surface area contributed by atoms with Gasteiger partial charge in [0.1, 0.15) is 18.2 Å². The van der Waals surface area contributed by atoms with E-state index in [0.717, 1.165) is 16.9 Å². The third-order valence-electron chi connectivity index (χ3n) is 2.54. The predicted molar refractivity (Wildman–Crippen MR) is 74.6 cm³/mol. The van der Waals surface area contributed by atoms with Crippen molar-refractivity contribution in [3.63, 3.8) is 0 Å². The molecule has 0 fully saturated rings. The van der Waals surface area contributed by atoms with Crippen LogP contribution in [0.2, 0.25) is 5.02 Å². The fourth-order valence-electron chi connectivity index (χ4n) is 1.51. The van der Waals surface area contributed by atoms with Crippen LogP contribution in [0.4, 0.5) is 4.39 Å². The Kier molecular flexibility index (Phi) is 4.25. The summed E-state index contributed by atoms with van der Waals surface area (Å²) >= 11 is 9.24. The average molecular weight is 330 g/mol. The Morgan fingerprint density at radius 3 is 2.67 bits per heavy atom. The maximum atomic E-state index is 12.9. The molecular weight excluding hydrogens is 319 g/mol. The Morgan fingerprint density at radius 1 is 1.22 bits per heavy atom. The molecule has 2 aromatic rings. The van der Waals surface area contributed by atoms with E-state index in [4.69, 9.17) is 16.3 Å². The average Bonchev–Trinajstić information content (AvgIpc) is 2.32. The summed E-state index contributed by atoms with van der Waals surface area (Å²) in [6.45, 7) is 2.30. The molecule has 0 unspecified atom stereocenters. The quantitative estimate of drug-likeness (QED) is 0.758. The van der Waals surface area contributed by atoms with Crippen molar-refractivity contribution in [2.24, 2.45) is 0 Å². The fourth-order valence-corrected chi connectivity index (χ4v) is 2.09. The molecule has 0 saturated heterocycles. The molecule has 0 amide bonds. The van der Waals surface area contributed by atoms with Gasteiger partial charge in [-0.25, -0.2) is 4.39 Å². The highest BCUT2D eigenvalue weighted by Crippen LogP contribution is 2.23. The number of halogens is 3. The first kappa shape index (κ1) is 13.4. The van der Waals surface area contributed by atoms with Crippen molar-refractivity contribution in [2.45, 2.75) is 13.5 Å². The van der Waals surface area contributed by atoms with Gasteiger partial charge in [0.05, 0.1) is 0 Å². The lowest BCUT2D eigenvalue weighted by molar-refractivity contribution is 0.305. The van der Waals surface area contributed by atoms with Gasteiger partial charge in [0.2, 0.25) is 0 Å². The minimum Gasteiger partial charge on any atom is -0.489 e. The summed E-state index contributed by atoms with van der Waals surface area (Å²) < 4.78 is 19.3. The molecule has 0 saturated carbocycles. The number of hydrogen-bond donors (Lipinski definition) is 0. The fraction of sp³-hybridized carbons (Fsp3) is 0.143. The van der Waals surface area contributed by atoms with Gasteiger partial charge in [0, 0.05) is 15.1 Å². The number of benzene rings is 2. The summed E-state index contributed by atoms with van der Waals surface area (Å²) in [5.74, 6) is 0.473. The third kappa shape index (κ3) is 3.24. The van der Waals surface area contributed by atoms with Crippen LogP contribution in [0.5, 0.6) is 5.75 Å². The normalized spacial score (nSPS) is 10.4. The molecule has 0 bridgehead atoms. The van der Waals surface area contributed by atoms with Crippen LogP contribution < -0.4 is 4.74 Å². The monoisotopic (exact) mass is 328 g/mol. The van der Waals surface area contributed by atoms with Crippen LogP contribution in [-0.4, -0.2) is 0 Å². The first-order chi connectivity index (χ1) is 8.56. The summed E-state index contributed by atoms with van der Waals surface area (Å²) in [6, 6.07) is 10.0. The van der Waals surface area contributed by atoms with Gasteiger partial charge >= 0.3 is 0 Å². The molecular formula is C14H11BrClFO. The van der Waals surface area contributed by atoms with Gasteiger partial charge in [-0.05, 0) is 42.8 Å². The van der Waals surface area contributed by atoms with Crippen LogP contribution in [0.1, 0.15) is 11.1 Å². The zero-order chi connectivity index (χ0) is 13.1. The Labute approximate surface area is 119 Å². The number of aryl methyl sites for hydroxylation is 1. The SMILES string of the molecule is Cc1cc(OCc2ccc(F)cc2Br)ccc1Cl. The molecule has 0 atom stereocenters. The molecule has 0 radical (unpaired) electrons. The molecule has 0 aliphatic rings. The van der Waals surface area contributed by atoms with E-state index < -0.39 is 0 Å². The molecule has 0 heterocycles. The standard InChI is InChI=1S/C14H11BrClFO/c1-9-6-12(4-5-14(9)16)18-8-10-2-3-11(17)7-13(10)15/h2-7H,8H2,1H3. The summed E-state index contributed by atoms with van der Waals surface area (Å²) in [5.41, 5.74) is 1.86. The first-order valence-electron chi connectivity index (χ1n) is 5.39. The topological polar surface area (TPSA) is 9.23 Å². The lowest BCUT2D eigenvalue weighted by Crippen LogP contribution is -1.97. The second-order valence-electron chi connectivity index (χ2n) is 3.94. The first-order valence-corrected chi connectivity index (χ1v) is 6.56.